The van der Waals surface area contributed by atoms with E-state index in [4.69, 9.17) is 4.74 Å². The third kappa shape index (κ3) is 3.87. The zero-order valence-corrected chi connectivity index (χ0v) is 21.4. The van der Waals surface area contributed by atoms with Crippen LogP contribution in [0.4, 0.5) is 22.7 Å². The van der Waals surface area contributed by atoms with Gasteiger partial charge in [-0.3, -0.25) is 0 Å². The standard InChI is InChI=1S/C31H31N3O2/c1-21-11-20-27-28(29(21)32-24-9-7-6-8-10-24)30(35)36-31(27,22-12-16-25(17-13-22)33(2)3)23-14-18-26(19-15-23)34(4)5/h6-20,32H,1-5H3. The number of carbonyl (C=O) groups excluding carboxylic acids is 1. The van der Waals surface area contributed by atoms with E-state index in [0.717, 1.165) is 45.0 Å². The molecule has 36 heavy (non-hydrogen) atoms. The summed E-state index contributed by atoms with van der Waals surface area (Å²) in [5, 5.41) is 3.48. The van der Waals surface area contributed by atoms with E-state index in [1.807, 2.05) is 71.5 Å². The third-order valence-electron chi connectivity index (χ3n) is 6.87. The van der Waals surface area contributed by atoms with Crippen LogP contribution in [0.15, 0.2) is 91.0 Å². The quantitative estimate of drug-likeness (QED) is 0.329. The van der Waals surface area contributed by atoms with Crippen LogP contribution in [-0.2, 0) is 10.3 Å². The molecule has 182 valence electrons. The van der Waals surface area contributed by atoms with Crippen molar-refractivity contribution < 1.29 is 9.53 Å². The summed E-state index contributed by atoms with van der Waals surface area (Å²) in [6.45, 7) is 2.01. The number of ether oxygens (including phenoxy) is 1. The van der Waals surface area contributed by atoms with Crippen molar-refractivity contribution in [3.63, 3.8) is 0 Å². The highest BCUT2D eigenvalue weighted by Gasteiger charge is 2.50. The number of anilines is 4. The molecular weight excluding hydrogens is 446 g/mol. The second-order valence-electron chi connectivity index (χ2n) is 9.62. The van der Waals surface area contributed by atoms with Gasteiger partial charge < -0.3 is 19.9 Å². The van der Waals surface area contributed by atoms with E-state index in [1.54, 1.807) is 0 Å². The molecule has 0 unspecified atom stereocenters. The van der Waals surface area contributed by atoms with Gasteiger partial charge in [0.05, 0.1) is 11.3 Å². The minimum atomic E-state index is -1.05. The average molecular weight is 478 g/mol. The zero-order valence-electron chi connectivity index (χ0n) is 21.4. The first-order valence-electron chi connectivity index (χ1n) is 12.1. The molecule has 5 rings (SSSR count). The van der Waals surface area contributed by atoms with Gasteiger partial charge in [0.2, 0.25) is 0 Å². The Morgan fingerprint density at radius 3 is 1.72 bits per heavy atom. The van der Waals surface area contributed by atoms with Gasteiger partial charge in [-0.15, -0.1) is 0 Å². The molecule has 5 nitrogen and oxygen atoms in total. The minimum Gasteiger partial charge on any atom is -0.441 e. The van der Waals surface area contributed by atoms with Crippen LogP contribution in [0.2, 0.25) is 0 Å². The number of hydrogen-bond donors (Lipinski definition) is 1. The Hall–Kier alpha value is -4.25. The van der Waals surface area contributed by atoms with Crippen molar-refractivity contribution in [1.29, 1.82) is 0 Å². The highest BCUT2D eigenvalue weighted by atomic mass is 16.6. The zero-order chi connectivity index (χ0) is 25.4. The molecule has 0 bridgehead atoms. The Morgan fingerprint density at radius 1 is 0.694 bits per heavy atom. The first-order chi connectivity index (χ1) is 17.3. The van der Waals surface area contributed by atoms with E-state index >= 15 is 0 Å². The molecule has 1 N–H and O–H groups in total. The van der Waals surface area contributed by atoms with Gasteiger partial charge in [0, 0.05) is 61.9 Å². The monoisotopic (exact) mass is 477 g/mol. The third-order valence-corrected chi connectivity index (χ3v) is 6.87. The average Bonchev–Trinajstić information content (AvgIpc) is 3.19. The molecule has 0 aliphatic carbocycles. The molecule has 0 radical (unpaired) electrons. The summed E-state index contributed by atoms with van der Waals surface area (Å²) in [6.07, 6.45) is 0. The molecule has 1 aliphatic heterocycles. The highest BCUT2D eigenvalue weighted by molar-refractivity contribution is 6.03. The van der Waals surface area contributed by atoms with Crippen LogP contribution in [0.1, 0.15) is 32.6 Å². The fourth-order valence-corrected chi connectivity index (χ4v) is 4.87. The molecule has 5 heteroatoms. The van der Waals surface area contributed by atoms with E-state index < -0.39 is 5.60 Å². The van der Waals surface area contributed by atoms with E-state index in [-0.39, 0.29) is 5.97 Å². The van der Waals surface area contributed by atoms with Crippen molar-refractivity contribution in [3.8, 4) is 0 Å². The van der Waals surface area contributed by atoms with Gasteiger partial charge in [-0.1, -0.05) is 54.6 Å². The topological polar surface area (TPSA) is 44.8 Å². The first kappa shape index (κ1) is 23.5. The summed E-state index contributed by atoms with van der Waals surface area (Å²) in [5.74, 6) is -0.333. The van der Waals surface area contributed by atoms with Gasteiger partial charge in [-0.2, -0.15) is 0 Å². The van der Waals surface area contributed by atoms with Crippen LogP contribution in [0.3, 0.4) is 0 Å². The predicted molar refractivity (Wildman–Crippen MR) is 148 cm³/mol. The second-order valence-corrected chi connectivity index (χ2v) is 9.62. The van der Waals surface area contributed by atoms with Crippen molar-refractivity contribution >= 4 is 28.7 Å². The lowest BCUT2D eigenvalue weighted by atomic mass is 9.79. The van der Waals surface area contributed by atoms with Crippen LogP contribution >= 0.6 is 0 Å². The molecule has 1 heterocycles. The molecular formula is C31H31N3O2. The van der Waals surface area contributed by atoms with E-state index in [2.05, 4.69) is 69.7 Å². The number of esters is 1. The molecule has 0 amide bonds. The molecule has 4 aromatic carbocycles. The molecule has 0 saturated heterocycles. The van der Waals surface area contributed by atoms with E-state index in [9.17, 15) is 4.79 Å². The lowest BCUT2D eigenvalue weighted by Crippen LogP contribution is -2.29. The summed E-state index contributed by atoms with van der Waals surface area (Å²) in [6, 6.07) is 30.5. The normalized spacial score (nSPS) is 13.6. The van der Waals surface area contributed by atoms with Gasteiger partial charge in [-0.25, -0.2) is 4.79 Å². The SMILES string of the molecule is Cc1ccc2c(c1Nc1ccccc1)C(=O)OC2(c1ccc(N(C)C)cc1)c1ccc(N(C)C)cc1. The van der Waals surface area contributed by atoms with Gasteiger partial charge in [0.25, 0.3) is 0 Å². The Kier molecular flexibility index (Phi) is 5.92. The summed E-state index contributed by atoms with van der Waals surface area (Å²) in [7, 11) is 8.06. The number of hydrogen-bond acceptors (Lipinski definition) is 5. The molecule has 0 spiro atoms. The smallest absolute Gasteiger partial charge is 0.342 e. The maximum absolute atomic E-state index is 13.7. The van der Waals surface area contributed by atoms with Gasteiger partial charge in [0.15, 0.2) is 5.60 Å². The maximum Gasteiger partial charge on any atom is 0.342 e. The number of para-hydroxylation sites is 1. The lowest BCUT2D eigenvalue weighted by molar-refractivity contribution is 0.0252. The Bertz CT molecular complexity index is 1340. The number of benzene rings is 4. The number of fused-ring (bicyclic) bond motifs is 1. The predicted octanol–water partition coefficient (Wildman–Crippen LogP) is 6.33. The van der Waals surface area contributed by atoms with Crippen LogP contribution in [0.5, 0.6) is 0 Å². The Morgan fingerprint density at radius 2 is 1.22 bits per heavy atom. The molecule has 0 saturated carbocycles. The summed E-state index contributed by atoms with van der Waals surface area (Å²) in [5.41, 5.74) is 7.02. The molecule has 0 atom stereocenters. The van der Waals surface area contributed by atoms with Crippen molar-refractivity contribution in [3.05, 3.63) is 119 Å². The summed E-state index contributed by atoms with van der Waals surface area (Å²) < 4.78 is 6.42. The second kappa shape index (κ2) is 9.08. The Balaban J connectivity index is 1.73. The van der Waals surface area contributed by atoms with E-state index in [0.29, 0.717) is 5.56 Å². The largest absolute Gasteiger partial charge is 0.441 e. The van der Waals surface area contributed by atoms with E-state index in [1.165, 1.54) is 0 Å². The molecule has 0 aromatic heterocycles. The number of cyclic esters (lactones) is 1. The van der Waals surface area contributed by atoms with Crippen LogP contribution < -0.4 is 15.1 Å². The van der Waals surface area contributed by atoms with Gasteiger partial charge in [-0.05, 0) is 48.9 Å². The summed E-state index contributed by atoms with van der Waals surface area (Å²) in [4.78, 5) is 17.8. The van der Waals surface area contributed by atoms with Gasteiger partial charge >= 0.3 is 5.97 Å². The number of nitrogens with one attached hydrogen (secondary N) is 1. The lowest BCUT2D eigenvalue weighted by Gasteiger charge is -2.31. The fraction of sp³-hybridized carbons (Fsp3) is 0.194. The Labute approximate surface area is 212 Å². The molecule has 4 aromatic rings. The number of rotatable bonds is 6. The van der Waals surface area contributed by atoms with Crippen LogP contribution in [0, 0.1) is 6.92 Å². The fourth-order valence-electron chi connectivity index (χ4n) is 4.87. The van der Waals surface area contributed by atoms with Crippen LogP contribution in [0.25, 0.3) is 0 Å². The van der Waals surface area contributed by atoms with Crippen molar-refractivity contribution in [2.24, 2.45) is 0 Å². The minimum absolute atomic E-state index is 0.333. The van der Waals surface area contributed by atoms with Crippen molar-refractivity contribution in [2.45, 2.75) is 12.5 Å². The number of nitrogens with zero attached hydrogens (tertiary/aromatic N) is 2. The van der Waals surface area contributed by atoms with Gasteiger partial charge in [0.1, 0.15) is 0 Å². The highest BCUT2D eigenvalue weighted by Crippen LogP contribution is 2.50. The number of aryl methyl sites for hydroxylation is 1. The maximum atomic E-state index is 13.7. The first-order valence-corrected chi connectivity index (χ1v) is 12.1. The summed E-state index contributed by atoms with van der Waals surface area (Å²) >= 11 is 0. The molecule has 1 aliphatic rings. The van der Waals surface area contributed by atoms with Crippen molar-refractivity contribution in [2.75, 3.05) is 43.3 Å². The number of carbonyl (C=O) groups is 1. The van der Waals surface area contributed by atoms with Crippen molar-refractivity contribution in [1.82, 2.24) is 0 Å². The molecule has 0 fully saturated rings. The van der Waals surface area contributed by atoms with Crippen LogP contribution in [-0.4, -0.2) is 34.2 Å².